The van der Waals surface area contributed by atoms with Crippen molar-refractivity contribution in [1.82, 2.24) is 19.5 Å². The van der Waals surface area contributed by atoms with Crippen LogP contribution >= 0.6 is 23.8 Å². The Balaban J connectivity index is 1.31. The highest BCUT2D eigenvalue weighted by atomic mass is 79.9. The monoisotopic (exact) mass is 555 g/mol. The van der Waals surface area contributed by atoms with Crippen LogP contribution in [0.25, 0.3) is 11.2 Å². The smallest absolute Gasteiger partial charge is 0.387 e. The van der Waals surface area contributed by atoms with E-state index in [2.05, 4.69) is 30.9 Å². The Morgan fingerprint density at radius 2 is 2.15 bits per heavy atom. The SMILES string of the molecule is C[C@@]1(O)[C@H](O)[C@@H](COP2(=O)OCC[C@@H](c3ccccc3Br)O2)O[C@H]1n1cnc2c(N)ncnc21. The molecule has 0 radical (unpaired) electrons. The van der Waals surface area contributed by atoms with Crippen LogP contribution in [0.4, 0.5) is 5.82 Å². The van der Waals surface area contributed by atoms with Crippen molar-refractivity contribution in [3.63, 3.8) is 0 Å². The lowest BCUT2D eigenvalue weighted by Gasteiger charge is -2.30. The standard InChI is InChI=1S/C20H23BrN5O7P/c1-20(28)16(27)14(32-19(20)26-10-25-15-17(22)23-9-24-18(15)26)8-31-34(29)30-7-6-13(33-34)11-4-2-3-5-12(11)21/h2-5,9-10,13-14,16,19,27-28H,6-8H2,1H3,(H2,22,23,24)/t13-,14+,16+,19+,20+,34?/m0/s1. The fraction of sp³-hybridized carbons (Fsp3) is 0.450. The predicted octanol–water partition coefficient (Wildman–Crippen LogP) is 2.48. The number of anilines is 1. The van der Waals surface area contributed by atoms with Gasteiger partial charge in [-0.2, -0.15) is 0 Å². The van der Waals surface area contributed by atoms with Gasteiger partial charge in [0.1, 0.15) is 29.7 Å². The summed E-state index contributed by atoms with van der Waals surface area (Å²) in [4.78, 5) is 12.2. The lowest BCUT2D eigenvalue weighted by molar-refractivity contribution is -0.0953. The van der Waals surface area contributed by atoms with Crippen molar-refractivity contribution in [2.45, 2.75) is 43.5 Å². The minimum absolute atomic E-state index is 0.167. The number of halogens is 1. The Bertz CT molecular complexity index is 1260. The van der Waals surface area contributed by atoms with Gasteiger partial charge in [0.15, 0.2) is 17.7 Å². The quantitative estimate of drug-likeness (QED) is 0.396. The predicted molar refractivity (Wildman–Crippen MR) is 122 cm³/mol. The van der Waals surface area contributed by atoms with Crippen LogP contribution in [0.15, 0.2) is 41.4 Å². The summed E-state index contributed by atoms with van der Waals surface area (Å²) in [6.07, 6.45) is -0.846. The van der Waals surface area contributed by atoms with Gasteiger partial charge in [0.25, 0.3) is 0 Å². The minimum atomic E-state index is -3.95. The van der Waals surface area contributed by atoms with Gasteiger partial charge in [0.2, 0.25) is 0 Å². The van der Waals surface area contributed by atoms with Crippen molar-refractivity contribution < 1.29 is 33.1 Å². The summed E-state index contributed by atoms with van der Waals surface area (Å²) in [7, 11) is -3.95. The zero-order valence-corrected chi connectivity index (χ0v) is 20.5. The highest BCUT2D eigenvalue weighted by Crippen LogP contribution is 2.58. The average Bonchev–Trinajstić information content (AvgIpc) is 3.32. The number of nitrogens with zero attached hydrogens (tertiary/aromatic N) is 4. The summed E-state index contributed by atoms with van der Waals surface area (Å²) < 4.78 is 37.9. The Hall–Kier alpha value is -1.96. The van der Waals surface area contributed by atoms with Crippen LogP contribution in [-0.2, 0) is 22.9 Å². The van der Waals surface area contributed by atoms with Gasteiger partial charge in [-0.1, -0.05) is 34.1 Å². The second kappa shape index (κ2) is 8.92. The lowest BCUT2D eigenvalue weighted by atomic mass is 9.96. The second-order valence-electron chi connectivity index (χ2n) is 8.26. The van der Waals surface area contributed by atoms with E-state index in [9.17, 15) is 14.8 Å². The number of aliphatic hydroxyl groups excluding tert-OH is 1. The number of fused-ring (bicyclic) bond motifs is 1. The van der Waals surface area contributed by atoms with Crippen LogP contribution in [0.2, 0.25) is 0 Å². The molecule has 1 aromatic carbocycles. The van der Waals surface area contributed by atoms with Crippen molar-refractivity contribution in [1.29, 1.82) is 0 Å². The van der Waals surface area contributed by atoms with E-state index in [-0.39, 0.29) is 19.0 Å². The van der Waals surface area contributed by atoms with E-state index in [0.717, 1.165) is 10.0 Å². The molecular formula is C20H23BrN5O7P. The molecule has 2 aromatic heterocycles. The maximum Gasteiger partial charge on any atom is 0.475 e. The number of ether oxygens (including phenoxy) is 1. The van der Waals surface area contributed by atoms with Gasteiger partial charge < -0.3 is 20.7 Å². The lowest BCUT2D eigenvalue weighted by Crippen LogP contribution is -2.44. The molecule has 4 heterocycles. The molecule has 2 fully saturated rings. The van der Waals surface area contributed by atoms with Gasteiger partial charge >= 0.3 is 7.82 Å². The molecular weight excluding hydrogens is 533 g/mol. The topological polar surface area (TPSA) is 164 Å². The molecule has 2 aliphatic rings. The van der Waals surface area contributed by atoms with Crippen molar-refractivity contribution >= 4 is 40.7 Å². The summed E-state index contributed by atoms with van der Waals surface area (Å²) >= 11 is 3.47. The van der Waals surface area contributed by atoms with Crippen LogP contribution in [-0.4, -0.2) is 60.8 Å². The number of hydrogen-bond acceptors (Lipinski definition) is 11. The first kappa shape index (κ1) is 23.8. The van der Waals surface area contributed by atoms with E-state index < -0.39 is 38.0 Å². The number of imidazole rings is 1. The van der Waals surface area contributed by atoms with E-state index in [0.29, 0.717) is 17.6 Å². The van der Waals surface area contributed by atoms with E-state index >= 15 is 0 Å². The maximum atomic E-state index is 13.1. The molecule has 0 amide bonds. The van der Waals surface area contributed by atoms with Crippen LogP contribution in [0, 0.1) is 0 Å². The van der Waals surface area contributed by atoms with Crippen molar-refractivity contribution in [2.24, 2.45) is 0 Å². The number of hydrogen-bond donors (Lipinski definition) is 3. The Labute approximate surface area is 202 Å². The number of aliphatic hydroxyl groups is 2. The van der Waals surface area contributed by atoms with Gasteiger partial charge in [-0.05, 0) is 18.6 Å². The number of phosphoric acid groups is 1. The van der Waals surface area contributed by atoms with E-state index in [4.69, 9.17) is 24.0 Å². The molecule has 5 rings (SSSR count). The molecule has 0 aliphatic carbocycles. The summed E-state index contributed by atoms with van der Waals surface area (Å²) in [6.45, 7) is 1.23. The molecule has 34 heavy (non-hydrogen) atoms. The number of aromatic nitrogens is 4. The van der Waals surface area contributed by atoms with Crippen molar-refractivity contribution in [2.75, 3.05) is 18.9 Å². The number of phosphoric ester groups is 1. The molecule has 14 heteroatoms. The Morgan fingerprint density at radius 3 is 2.94 bits per heavy atom. The summed E-state index contributed by atoms with van der Waals surface area (Å²) in [5.74, 6) is 0.172. The first-order valence-electron chi connectivity index (χ1n) is 10.5. The fourth-order valence-corrected chi connectivity index (χ4v) is 6.04. The number of benzene rings is 1. The van der Waals surface area contributed by atoms with Crippen LogP contribution in [0.5, 0.6) is 0 Å². The molecule has 182 valence electrons. The van der Waals surface area contributed by atoms with Gasteiger partial charge in [-0.25, -0.2) is 19.5 Å². The molecule has 0 bridgehead atoms. The molecule has 12 nitrogen and oxygen atoms in total. The third-order valence-electron chi connectivity index (χ3n) is 5.93. The summed E-state index contributed by atoms with van der Waals surface area (Å²) in [6, 6.07) is 7.45. The molecule has 2 aliphatic heterocycles. The van der Waals surface area contributed by atoms with Crippen LogP contribution < -0.4 is 5.73 Å². The average molecular weight is 556 g/mol. The zero-order chi connectivity index (χ0) is 24.1. The Kier molecular flexibility index (Phi) is 6.23. The van der Waals surface area contributed by atoms with Crippen molar-refractivity contribution in [3.05, 3.63) is 47.0 Å². The largest absolute Gasteiger partial charge is 0.475 e. The Morgan fingerprint density at radius 1 is 1.35 bits per heavy atom. The third kappa shape index (κ3) is 4.16. The van der Waals surface area contributed by atoms with Gasteiger partial charge in [-0.15, -0.1) is 0 Å². The maximum absolute atomic E-state index is 13.1. The van der Waals surface area contributed by atoms with Crippen LogP contribution in [0.1, 0.15) is 31.2 Å². The highest BCUT2D eigenvalue weighted by Gasteiger charge is 2.54. The number of nitrogen functional groups attached to an aromatic ring is 1. The molecule has 0 spiro atoms. The third-order valence-corrected chi connectivity index (χ3v) is 8.13. The van der Waals surface area contributed by atoms with E-state index in [1.165, 1.54) is 24.1 Å². The van der Waals surface area contributed by atoms with Crippen LogP contribution in [0.3, 0.4) is 0 Å². The van der Waals surface area contributed by atoms with Gasteiger partial charge in [0.05, 0.1) is 25.6 Å². The molecule has 2 saturated heterocycles. The van der Waals surface area contributed by atoms with E-state index in [1.54, 1.807) is 0 Å². The first-order chi connectivity index (χ1) is 16.2. The van der Waals surface area contributed by atoms with Gasteiger partial charge in [-0.3, -0.25) is 18.1 Å². The number of nitrogens with two attached hydrogens (primary N) is 1. The number of rotatable bonds is 5. The molecule has 3 aromatic rings. The first-order valence-corrected chi connectivity index (χ1v) is 12.8. The fourth-order valence-electron chi connectivity index (χ4n) is 4.11. The van der Waals surface area contributed by atoms with Gasteiger partial charge in [0, 0.05) is 10.9 Å². The summed E-state index contributed by atoms with van der Waals surface area (Å²) in [5.41, 5.74) is 5.57. The molecule has 4 N–H and O–H groups in total. The second-order valence-corrected chi connectivity index (χ2v) is 10.7. The molecule has 1 unspecified atom stereocenters. The minimum Gasteiger partial charge on any atom is -0.387 e. The normalized spacial score (nSPS) is 34.0. The summed E-state index contributed by atoms with van der Waals surface area (Å²) in [5, 5.41) is 21.8. The zero-order valence-electron chi connectivity index (χ0n) is 18.0. The molecule has 6 atom stereocenters. The highest BCUT2D eigenvalue weighted by molar-refractivity contribution is 9.10. The molecule has 0 saturated carbocycles. The van der Waals surface area contributed by atoms with Crippen molar-refractivity contribution in [3.8, 4) is 0 Å². The van der Waals surface area contributed by atoms with E-state index in [1.807, 2.05) is 24.3 Å².